The van der Waals surface area contributed by atoms with Crippen LogP contribution in [0, 0.1) is 17.6 Å². The number of halogens is 2. The van der Waals surface area contributed by atoms with Crippen molar-refractivity contribution in [3.8, 4) is 0 Å². The van der Waals surface area contributed by atoms with Gasteiger partial charge in [0.2, 0.25) is 0 Å². The number of benzene rings is 1. The zero-order valence-electron chi connectivity index (χ0n) is 10.0. The molecule has 1 fully saturated rings. The maximum atomic E-state index is 13.2. The molecule has 18 heavy (non-hydrogen) atoms. The van der Waals surface area contributed by atoms with E-state index >= 15 is 0 Å². The molecule has 5 heteroatoms. The Morgan fingerprint density at radius 1 is 1.28 bits per heavy atom. The van der Waals surface area contributed by atoms with E-state index in [1.165, 1.54) is 11.0 Å². The minimum atomic E-state index is -0.967. The van der Waals surface area contributed by atoms with E-state index in [1.807, 2.05) is 0 Å². The maximum absolute atomic E-state index is 13.2. The monoisotopic (exact) mass is 254 g/mol. The molecule has 0 unspecified atom stereocenters. The highest BCUT2D eigenvalue weighted by Crippen LogP contribution is 2.27. The van der Waals surface area contributed by atoms with E-state index in [0.717, 1.165) is 37.8 Å². The molecular weight excluding hydrogens is 238 g/mol. The van der Waals surface area contributed by atoms with Crippen LogP contribution in [0.4, 0.5) is 19.3 Å². The molecule has 0 radical (unpaired) electrons. The molecule has 0 bridgehead atoms. The van der Waals surface area contributed by atoms with Gasteiger partial charge in [-0.3, -0.25) is 4.90 Å². The third-order valence-electron chi connectivity index (χ3n) is 3.40. The highest BCUT2D eigenvalue weighted by molar-refractivity contribution is 5.90. The van der Waals surface area contributed by atoms with Gasteiger partial charge in [0.1, 0.15) is 0 Å². The Morgan fingerprint density at radius 2 is 1.94 bits per heavy atom. The van der Waals surface area contributed by atoms with Gasteiger partial charge >= 0.3 is 6.03 Å². The molecular formula is C13H16F2N2O. The molecule has 3 nitrogen and oxygen atoms in total. The van der Waals surface area contributed by atoms with Crippen LogP contribution in [0.2, 0.25) is 0 Å². The van der Waals surface area contributed by atoms with Crippen molar-refractivity contribution in [3.63, 3.8) is 0 Å². The molecule has 0 aliphatic heterocycles. The summed E-state index contributed by atoms with van der Waals surface area (Å²) in [7, 11) is 0. The molecule has 1 aromatic rings. The maximum Gasteiger partial charge on any atom is 0.319 e. The summed E-state index contributed by atoms with van der Waals surface area (Å²) in [6.07, 6.45) is 4.39. The summed E-state index contributed by atoms with van der Waals surface area (Å²) in [6, 6.07) is 2.76. The molecule has 2 amide bonds. The van der Waals surface area contributed by atoms with Crippen molar-refractivity contribution in [2.24, 2.45) is 11.7 Å². The van der Waals surface area contributed by atoms with Crippen molar-refractivity contribution in [1.29, 1.82) is 0 Å². The summed E-state index contributed by atoms with van der Waals surface area (Å²) in [4.78, 5) is 12.7. The Hall–Kier alpha value is -1.65. The topological polar surface area (TPSA) is 46.3 Å². The van der Waals surface area contributed by atoms with E-state index in [0.29, 0.717) is 18.2 Å². The van der Waals surface area contributed by atoms with Gasteiger partial charge in [-0.2, -0.15) is 0 Å². The number of amides is 2. The predicted molar refractivity (Wildman–Crippen MR) is 65.2 cm³/mol. The molecule has 0 heterocycles. The van der Waals surface area contributed by atoms with Gasteiger partial charge in [0.25, 0.3) is 0 Å². The number of hydrogen-bond acceptors (Lipinski definition) is 1. The Balaban J connectivity index is 2.17. The van der Waals surface area contributed by atoms with Crippen molar-refractivity contribution in [1.82, 2.24) is 0 Å². The van der Waals surface area contributed by atoms with Crippen LogP contribution in [0.3, 0.4) is 0 Å². The third-order valence-corrected chi connectivity index (χ3v) is 3.40. The zero-order valence-corrected chi connectivity index (χ0v) is 10.0. The van der Waals surface area contributed by atoms with Gasteiger partial charge in [0.15, 0.2) is 11.6 Å². The van der Waals surface area contributed by atoms with Crippen LogP contribution in [0.15, 0.2) is 18.2 Å². The number of rotatable bonds is 3. The fourth-order valence-electron chi connectivity index (χ4n) is 2.43. The Morgan fingerprint density at radius 3 is 2.50 bits per heavy atom. The Kier molecular flexibility index (Phi) is 3.79. The van der Waals surface area contributed by atoms with Crippen molar-refractivity contribution in [2.75, 3.05) is 11.4 Å². The van der Waals surface area contributed by atoms with Gasteiger partial charge < -0.3 is 5.73 Å². The molecule has 1 saturated carbocycles. The molecule has 1 aromatic carbocycles. The standard InChI is InChI=1S/C13H16F2N2O/c14-11-6-5-10(7-12(11)15)17(13(16)18)8-9-3-1-2-4-9/h5-7,9H,1-4,8H2,(H2,16,18). The molecule has 2 rings (SSSR count). The summed E-state index contributed by atoms with van der Waals surface area (Å²) < 4.78 is 26.0. The number of primary amides is 1. The van der Waals surface area contributed by atoms with E-state index in [-0.39, 0.29) is 0 Å². The summed E-state index contributed by atoms with van der Waals surface area (Å²) in [5, 5.41) is 0. The summed E-state index contributed by atoms with van der Waals surface area (Å²) in [5.41, 5.74) is 5.62. The summed E-state index contributed by atoms with van der Waals surface area (Å²) in [5.74, 6) is -1.50. The summed E-state index contributed by atoms with van der Waals surface area (Å²) in [6.45, 7) is 0.473. The average molecular weight is 254 g/mol. The number of nitrogens with two attached hydrogens (primary N) is 1. The molecule has 1 aliphatic carbocycles. The van der Waals surface area contributed by atoms with Crippen molar-refractivity contribution >= 4 is 11.7 Å². The Labute approximate surface area is 105 Å². The largest absolute Gasteiger partial charge is 0.351 e. The van der Waals surface area contributed by atoms with Crippen LogP contribution >= 0.6 is 0 Å². The molecule has 0 saturated heterocycles. The fraction of sp³-hybridized carbons (Fsp3) is 0.462. The molecule has 0 spiro atoms. The normalized spacial score (nSPS) is 15.9. The van der Waals surface area contributed by atoms with Crippen molar-refractivity contribution < 1.29 is 13.6 Å². The van der Waals surface area contributed by atoms with Crippen molar-refractivity contribution in [2.45, 2.75) is 25.7 Å². The molecule has 0 atom stereocenters. The minimum Gasteiger partial charge on any atom is -0.351 e. The lowest BCUT2D eigenvalue weighted by molar-refractivity contribution is 0.252. The quantitative estimate of drug-likeness (QED) is 0.885. The molecule has 0 aromatic heterocycles. The van der Waals surface area contributed by atoms with Gasteiger partial charge in [0, 0.05) is 18.3 Å². The third kappa shape index (κ3) is 2.78. The SMILES string of the molecule is NC(=O)N(CC1CCCC1)c1ccc(F)c(F)c1. The number of urea groups is 1. The van der Waals surface area contributed by atoms with E-state index in [1.54, 1.807) is 0 Å². The van der Waals surface area contributed by atoms with Gasteiger partial charge in [0.05, 0.1) is 0 Å². The first-order valence-corrected chi connectivity index (χ1v) is 6.10. The van der Waals surface area contributed by atoms with E-state index in [4.69, 9.17) is 5.73 Å². The number of hydrogen-bond donors (Lipinski definition) is 1. The Bertz CT molecular complexity index is 445. The highest BCUT2D eigenvalue weighted by Gasteiger charge is 2.22. The van der Waals surface area contributed by atoms with Crippen LogP contribution < -0.4 is 10.6 Å². The average Bonchev–Trinajstić information content (AvgIpc) is 2.82. The molecule has 1 aliphatic rings. The smallest absolute Gasteiger partial charge is 0.319 e. The van der Waals surface area contributed by atoms with Crippen LogP contribution in [-0.4, -0.2) is 12.6 Å². The number of carbonyl (C=O) groups is 1. The lowest BCUT2D eigenvalue weighted by Gasteiger charge is -2.24. The lowest BCUT2D eigenvalue weighted by Crippen LogP contribution is -2.39. The minimum absolute atomic E-state index is 0.313. The van der Waals surface area contributed by atoms with Crippen LogP contribution in [0.5, 0.6) is 0 Å². The lowest BCUT2D eigenvalue weighted by atomic mass is 10.1. The van der Waals surface area contributed by atoms with Gasteiger partial charge in [-0.05, 0) is 30.9 Å². The highest BCUT2D eigenvalue weighted by atomic mass is 19.2. The number of nitrogens with zero attached hydrogens (tertiary/aromatic N) is 1. The van der Waals surface area contributed by atoms with Crippen LogP contribution in [0.1, 0.15) is 25.7 Å². The van der Waals surface area contributed by atoms with E-state index in [2.05, 4.69) is 0 Å². The van der Waals surface area contributed by atoms with Crippen LogP contribution in [0.25, 0.3) is 0 Å². The summed E-state index contributed by atoms with van der Waals surface area (Å²) >= 11 is 0. The van der Waals surface area contributed by atoms with E-state index < -0.39 is 17.7 Å². The first-order chi connectivity index (χ1) is 8.58. The fourth-order valence-corrected chi connectivity index (χ4v) is 2.43. The number of anilines is 1. The second kappa shape index (κ2) is 5.33. The van der Waals surface area contributed by atoms with Crippen LogP contribution in [-0.2, 0) is 0 Å². The van der Waals surface area contributed by atoms with Gasteiger partial charge in [-0.1, -0.05) is 12.8 Å². The number of carbonyl (C=O) groups excluding carboxylic acids is 1. The molecule has 98 valence electrons. The van der Waals surface area contributed by atoms with Gasteiger partial charge in [-0.15, -0.1) is 0 Å². The predicted octanol–water partition coefficient (Wildman–Crippen LogP) is 3.04. The first kappa shape index (κ1) is 12.8. The second-order valence-electron chi connectivity index (χ2n) is 4.70. The van der Waals surface area contributed by atoms with E-state index in [9.17, 15) is 13.6 Å². The van der Waals surface area contributed by atoms with Gasteiger partial charge in [-0.25, -0.2) is 13.6 Å². The molecule has 2 N–H and O–H groups in total. The zero-order chi connectivity index (χ0) is 13.1. The second-order valence-corrected chi connectivity index (χ2v) is 4.70. The first-order valence-electron chi connectivity index (χ1n) is 6.10. The van der Waals surface area contributed by atoms with Crippen molar-refractivity contribution in [3.05, 3.63) is 29.8 Å².